The third-order valence-electron chi connectivity index (χ3n) is 5.65. The van der Waals surface area contributed by atoms with E-state index in [9.17, 15) is 9.59 Å². The zero-order valence-electron chi connectivity index (χ0n) is 17.2. The molecule has 154 valence electrons. The first kappa shape index (κ1) is 20.5. The minimum atomic E-state index is -0.815. The molecule has 1 saturated heterocycles. The van der Waals surface area contributed by atoms with E-state index in [0.29, 0.717) is 32.5 Å². The molecule has 0 radical (unpaired) electrons. The fourth-order valence-corrected chi connectivity index (χ4v) is 3.77. The van der Waals surface area contributed by atoms with Crippen LogP contribution in [0.5, 0.6) is 5.75 Å². The van der Waals surface area contributed by atoms with Crippen molar-refractivity contribution in [1.29, 1.82) is 0 Å². The number of rotatable bonds is 8. The average Bonchev–Trinajstić information content (AvgIpc) is 3.52. The van der Waals surface area contributed by atoms with E-state index < -0.39 is 5.41 Å². The van der Waals surface area contributed by atoms with E-state index >= 15 is 0 Å². The predicted octanol–water partition coefficient (Wildman–Crippen LogP) is 1.19. The second kappa shape index (κ2) is 8.82. The Morgan fingerprint density at radius 1 is 1.14 bits per heavy atom. The van der Waals surface area contributed by atoms with Crippen molar-refractivity contribution >= 4 is 17.5 Å². The van der Waals surface area contributed by atoms with Crippen LogP contribution in [0.3, 0.4) is 0 Å². The van der Waals surface area contributed by atoms with Crippen LogP contribution < -0.4 is 15.0 Å². The maximum absolute atomic E-state index is 13.0. The quantitative estimate of drug-likeness (QED) is 0.535. The Morgan fingerprint density at radius 3 is 2.43 bits per heavy atom. The number of anilines is 1. The fraction of sp³-hybridized carbons (Fsp3) is 0.619. The number of methoxy groups -OCH3 is 1. The van der Waals surface area contributed by atoms with Gasteiger partial charge < -0.3 is 24.8 Å². The Balaban J connectivity index is 1.52. The van der Waals surface area contributed by atoms with Crippen LogP contribution >= 0.6 is 0 Å². The lowest BCUT2D eigenvalue weighted by Gasteiger charge is -2.38. The second-order valence-corrected chi connectivity index (χ2v) is 7.95. The number of carbonyl (C=O) groups is 2. The van der Waals surface area contributed by atoms with Crippen LogP contribution in [0.2, 0.25) is 0 Å². The van der Waals surface area contributed by atoms with E-state index in [-0.39, 0.29) is 11.8 Å². The highest BCUT2D eigenvalue weighted by Crippen LogP contribution is 2.47. The zero-order valence-corrected chi connectivity index (χ0v) is 17.2. The number of piperazine rings is 1. The number of nitrogens with zero attached hydrogens (tertiary/aromatic N) is 3. The van der Waals surface area contributed by atoms with Crippen molar-refractivity contribution in [3.05, 3.63) is 24.3 Å². The monoisotopic (exact) mass is 388 g/mol. The summed E-state index contributed by atoms with van der Waals surface area (Å²) in [4.78, 5) is 31.9. The molecule has 0 aromatic heterocycles. The highest BCUT2D eigenvalue weighted by Gasteiger charge is 2.58. The molecule has 2 fully saturated rings. The average molecular weight is 389 g/mol. The topological polar surface area (TPSA) is 65.1 Å². The molecule has 0 unspecified atom stereocenters. The lowest BCUT2D eigenvalue weighted by atomic mass is 10.0. The number of amides is 2. The molecule has 0 atom stereocenters. The maximum Gasteiger partial charge on any atom is 0.238 e. The van der Waals surface area contributed by atoms with Gasteiger partial charge in [-0.2, -0.15) is 0 Å². The predicted molar refractivity (Wildman–Crippen MR) is 110 cm³/mol. The first-order valence-electron chi connectivity index (χ1n) is 10.1. The first-order chi connectivity index (χ1) is 13.5. The second-order valence-electron chi connectivity index (χ2n) is 7.95. The molecule has 28 heavy (non-hydrogen) atoms. The van der Waals surface area contributed by atoms with E-state index in [1.165, 1.54) is 0 Å². The van der Waals surface area contributed by atoms with Crippen LogP contribution in [0.15, 0.2) is 24.3 Å². The van der Waals surface area contributed by atoms with Crippen molar-refractivity contribution in [1.82, 2.24) is 15.1 Å². The number of carbonyl (C=O) groups excluding carboxylic acids is 2. The Morgan fingerprint density at radius 2 is 1.82 bits per heavy atom. The highest BCUT2D eigenvalue weighted by molar-refractivity contribution is 6.07. The van der Waals surface area contributed by atoms with Crippen LogP contribution in [-0.4, -0.2) is 82.1 Å². The SMILES string of the molecule is COc1ccccc1N1CCN(C(=O)C2(C(=O)NCCCN(C)C)CC2)CC1. The summed E-state index contributed by atoms with van der Waals surface area (Å²) in [6.07, 6.45) is 2.22. The van der Waals surface area contributed by atoms with Gasteiger partial charge in [0.05, 0.1) is 12.8 Å². The van der Waals surface area contributed by atoms with Gasteiger partial charge in [-0.3, -0.25) is 9.59 Å². The van der Waals surface area contributed by atoms with Gasteiger partial charge >= 0.3 is 0 Å². The van der Waals surface area contributed by atoms with Gasteiger partial charge in [0.1, 0.15) is 11.2 Å². The van der Waals surface area contributed by atoms with Crippen molar-refractivity contribution < 1.29 is 14.3 Å². The summed E-state index contributed by atoms with van der Waals surface area (Å²) in [5.41, 5.74) is 0.238. The zero-order chi connectivity index (χ0) is 20.1. The third kappa shape index (κ3) is 4.41. The molecule has 1 aliphatic heterocycles. The van der Waals surface area contributed by atoms with E-state index in [1.54, 1.807) is 7.11 Å². The molecule has 7 heteroatoms. The Kier molecular flexibility index (Phi) is 6.44. The molecule has 3 rings (SSSR count). The van der Waals surface area contributed by atoms with Gasteiger partial charge in [-0.25, -0.2) is 0 Å². The van der Waals surface area contributed by atoms with Gasteiger partial charge in [0.15, 0.2) is 0 Å². The van der Waals surface area contributed by atoms with Crippen LogP contribution in [0.4, 0.5) is 5.69 Å². The lowest BCUT2D eigenvalue weighted by molar-refractivity contribution is -0.144. The van der Waals surface area contributed by atoms with Crippen LogP contribution in [-0.2, 0) is 9.59 Å². The van der Waals surface area contributed by atoms with Crippen molar-refractivity contribution in [2.75, 3.05) is 65.4 Å². The van der Waals surface area contributed by atoms with Gasteiger partial charge in [-0.05, 0) is 52.0 Å². The van der Waals surface area contributed by atoms with Gasteiger partial charge in [0.2, 0.25) is 11.8 Å². The molecule has 7 nitrogen and oxygen atoms in total. The molecule has 1 aromatic rings. The summed E-state index contributed by atoms with van der Waals surface area (Å²) >= 11 is 0. The number of nitrogens with one attached hydrogen (secondary N) is 1. The molecule has 1 N–H and O–H groups in total. The Hall–Kier alpha value is -2.28. The van der Waals surface area contributed by atoms with E-state index in [1.807, 2.05) is 43.3 Å². The highest BCUT2D eigenvalue weighted by atomic mass is 16.5. The summed E-state index contributed by atoms with van der Waals surface area (Å²) in [5, 5.41) is 2.97. The summed E-state index contributed by atoms with van der Waals surface area (Å²) in [6.45, 7) is 4.29. The number of benzene rings is 1. The largest absolute Gasteiger partial charge is 0.495 e. The molecule has 0 bridgehead atoms. The van der Waals surface area contributed by atoms with E-state index in [4.69, 9.17) is 4.74 Å². The fourth-order valence-electron chi connectivity index (χ4n) is 3.77. The standard InChI is InChI=1S/C21H32N4O3/c1-23(2)12-6-11-22-19(26)21(9-10-21)20(27)25-15-13-24(14-16-25)17-7-4-5-8-18(17)28-3/h4-5,7-8H,6,9-16H2,1-3H3,(H,22,26). The van der Waals surface area contributed by atoms with Crippen molar-refractivity contribution in [2.45, 2.75) is 19.3 Å². The molecule has 1 aliphatic carbocycles. The smallest absolute Gasteiger partial charge is 0.238 e. The van der Waals surface area contributed by atoms with Crippen molar-refractivity contribution in [3.63, 3.8) is 0 Å². The van der Waals surface area contributed by atoms with Gasteiger partial charge in [-0.15, -0.1) is 0 Å². The van der Waals surface area contributed by atoms with Crippen LogP contribution in [0, 0.1) is 5.41 Å². The summed E-state index contributed by atoms with van der Waals surface area (Å²) in [5.74, 6) is 0.749. The maximum atomic E-state index is 13.0. The molecular weight excluding hydrogens is 356 g/mol. The molecule has 1 heterocycles. The minimum Gasteiger partial charge on any atom is -0.495 e. The number of hydrogen-bond acceptors (Lipinski definition) is 5. The van der Waals surface area contributed by atoms with Gasteiger partial charge in [-0.1, -0.05) is 12.1 Å². The third-order valence-corrected chi connectivity index (χ3v) is 5.65. The minimum absolute atomic E-state index is 0.00251. The van der Waals surface area contributed by atoms with Crippen molar-refractivity contribution in [2.24, 2.45) is 5.41 Å². The van der Waals surface area contributed by atoms with Crippen LogP contribution in [0.25, 0.3) is 0 Å². The molecule has 1 saturated carbocycles. The van der Waals surface area contributed by atoms with Crippen molar-refractivity contribution in [3.8, 4) is 5.75 Å². The summed E-state index contributed by atoms with van der Waals surface area (Å²) < 4.78 is 5.45. The number of ether oxygens (including phenoxy) is 1. The molecule has 1 aromatic carbocycles. The summed E-state index contributed by atoms with van der Waals surface area (Å²) in [7, 11) is 5.70. The Bertz CT molecular complexity index is 695. The molecule has 2 amide bonds. The first-order valence-corrected chi connectivity index (χ1v) is 10.1. The molecular formula is C21H32N4O3. The van der Waals surface area contributed by atoms with Gasteiger partial charge in [0, 0.05) is 32.7 Å². The molecule has 2 aliphatic rings. The van der Waals surface area contributed by atoms with Crippen LogP contribution in [0.1, 0.15) is 19.3 Å². The van der Waals surface area contributed by atoms with E-state index in [2.05, 4.69) is 15.1 Å². The number of para-hydroxylation sites is 2. The molecule has 0 spiro atoms. The lowest BCUT2D eigenvalue weighted by Crippen LogP contribution is -2.53. The van der Waals surface area contributed by atoms with E-state index in [0.717, 1.165) is 37.5 Å². The number of hydrogen-bond donors (Lipinski definition) is 1. The Labute approximate surface area is 167 Å². The summed E-state index contributed by atoms with van der Waals surface area (Å²) in [6, 6.07) is 7.94. The van der Waals surface area contributed by atoms with Gasteiger partial charge in [0.25, 0.3) is 0 Å². The normalized spacial score (nSPS) is 18.1.